The highest BCUT2D eigenvalue weighted by atomic mass is 16.5. The van der Waals surface area contributed by atoms with Gasteiger partial charge >= 0.3 is 5.97 Å². The second-order valence-electron chi connectivity index (χ2n) is 8.62. The summed E-state index contributed by atoms with van der Waals surface area (Å²) in [4.78, 5) is 26.4. The quantitative estimate of drug-likeness (QED) is 0.385. The molecule has 2 aromatic carbocycles. The van der Waals surface area contributed by atoms with Crippen molar-refractivity contribution in [2.75, 3.05) is 20.2 Å². The molecule has 3 aromatic rings. The van der Waals surface area contributed by atoms with E-state index in [4.69, 9.17) is 9.84 Å². The van der Waals surface area contributed by atoms with Crippen LogP contribution in [0.5, 0.6) is 0 Å². The van der Waals surface area contributed by atoms with Crippen LogP contribution in [-0.2, 0) is 27.3 Å². The Kier molecular flexibility index (Phi) is 7.58. The Morgan fingerprint density at radius 1 is 1.03 bits per heavy atom. The molecular weight excluding hydrogens is 426 g/mol. The van der Waals surface area contributed by atoms with E-state index in [2.05, 4.69) is 43.3 Å². The Labute approximate surface area is 200 Å². The lowest BCUT2D eigenvalue weighted by Gasteiger charge is -2.29. The molecule has 6 heteroatoms. The number of esters is 1. The van der Waals surface area contributed by atoms with Crippen LogP contribution in [0.3, 0.4) is 0 Å². The van der Waals surface area contributed by atoms with Crippen LogP contribution in [0.4, 0.5) is 0 Å². The Morgan fingerprint density at radius 2 is 1.74 bits per heavy atom. The molecule has 1 aliphatic rings. The van der Waals surface area contributed by atoms with Gasteiger partial charge in [0.05, 0.1) is 25.3 Å². The maximum atomic E-state index is 12.8. The van der Waals surface area contributed by atoms with E-state index in [1.807, 2.05) is 35.2 Å². The third-order valence-corrected chi connectivity index (χ3v) is 6.36. The van der Waals surface area contributed by atoms with Crippen molar-refractivity contribution >= 4 is 18.0 Å². The molecule has 0 radical (unpaired) electrons. The van der Waals surface area contributed by atoms with Crippen LogP contribution in [-0.4, -0.2) is 46.8 Å². The van der Waals surface area contributed by atoms with Crippen LogP contribution in [0.25, 0.3) is 17.3 Å². The molecule has 0 unspecified atom stereocenters. The molecule has 0 spiro atoms. The summed E-state index contributed by atoms with van der Waals surface area (Å²) in [6.45, 7) is 3.91. The standard InChI is InChI=1S/C28H31N3O3/c1-3-21-9-11-23(12-10-21)27-25(20-31(29-27)19-22-7-5-4-6-8-22)13-14-26(32)30-17-15-24(16-18-30)28(33)34-2/h4-14,20,24H,3,15-19H2,1-2H3. The summed E-state index contributed by atoms with van der Waals surface area (Å²) in [6, 6.07) is 18.6. The molecule has 0 aliphatic carbocycles. The Hall–Kier alpha value is -3.67. The summed E-state index contributed by atoms with van der Waals surface area (Å²) in [7, 11) is 1.41. The van der Waals surface area contributed by atoms with Crippen LogP contribution in [0, 0.1) is 5.92 Å². The monoisotopic (exact) mass is 457 g/mol. The Morgan fingerprint density at radius 3 is 2.38 bits per heavy atom. The van der Waals surface area contributed by atoms with Gasteiger partial charge in [-0.05, 0) is 36.5 Å². The van der Waals surface area contributed by atoms with Gasteiger partial charge in [0.25, 0.3) is 0 Å². The molecule has 0 saturated carbocycles. The van der Waals surface area contributed by atoms with Crippen LogP contribution in [0.15, 0.2) is 66.9 Å². The molecule has 0 N–H and O–H groups in total. The Balaban J connectivity index is 1.53. The van der Waals surface area contributed by atoms with Crippen molar-refractivity contribution in [1.29, 1.82) is 0 Å². The number of hydrogen-bond donors (Lipinski definition) is 0. The molecule has 4 rings (SSSR count). The number of carbonyl (C=O) groups is 2. The fourth-order valence-corrected chi connectivity index (χ4v) is 4.30. The van der Waals surface area contributed by atoms with Gasteiger partial charge in [-0.3, -0.25) is 14.3 Å². The predicted molar refractivity (Wildman–Crippen MR) is 133 cm³/mol. The number of ether oxygens (including phenoxy) is 1. The molecule has 2 heterocycles. The van der Waals surface area contributed by atoms with Gasteiger partial charge in [0.15, 0.2) is 0 Å². The summed E-state index contributed by atoms with van der Waals surface area (Å²) >= 11 is 0. The average molecular weight is 458 g/mol. The second-order valence-corrected chi connectivity index (χ2v) is 8.62. The smallest absolute Gasteiger partial charge is 0.308 e. The number of hydrogen-bond acceptors (Lipinski definition) is 4. The first-order chi connectivity index (χ1) is 16.6. The minimum absolute atomic E-state index is 0.0496. The summed E-state index contributed by atoms with van der Waals surface area (Å²) in [5.41, 5.74) is 5.22. The van der Waals surface area contributed by atoms with E-state index in [1.54, 1.807) is 11.0 Å². The van der Waals surface area contributed by atoms with Crippen LogP contribution in [0.1, 0.15) is 36.5 Å². The zero-order valence-corrected chi connectivity index (χ0v) is 19.8. The molecule has 1 amide bonds. The average Bonchev–Trinajstić information content (AvgIpc) is 3.29. The van der Waals surface area contributed by atoms with Crippen LogP contribution in [0.2, 0.25) is 0 Å². The molecule has 6 nitrogen and oxygen atoms in total. The van der Waals surface area contributed by atoms with E-state index in [9.17, 15) is 9.59 Å². The molecule has 1 aromatic heterocycles. The van der Waals surface area contributed by atoms with Gasteiger partial charge in [-0.25, -0.2) is 0 Å². The lowest BCUT2D eigenvalue weighted by Crippen LogP contribution is -2.39. The topological polar surface area (TPSA) is 64.4 Å². The van der Waals surface area contributed by atoms with Crippen molar-refractivity contribution in [2.24, 2.45) is 5.92 Å². The van der Waals surface area contributed by atoms with Crippen LogP contribution < -0.4 is 0 Å². The highest BCUT2D eigenvalue weighted by Gasteiger charge is 2.27. The number of aryl methyl sites for hydroxylation is 1. The maximum Gasteiger partial charge on any atom is 0.308 e. The molecule has 1 fully saturated rings. The minimum atomic E-state index is -0.188. The molecular formula is C28H31N3O3. The van der Waals surface area contributed by atoms with Crippen molar-refractivity contribution in [3.8, 4) is 11.3 Å². The first-order valence-electron chi connectivity index (χ1n) is 11.8. The predicted octanol–water partition coefficient (Wildman–Crippen LogP) is 4.59. The molecule has 0 atom stereocenters. The normalized spacial score (nSPS) is 14.5. The molecule has 34 heavy (non-hydrogen) atoms. The lowest BCUT2D eigenvalue weighted by atomic mass is 9.97. The number of piperidine rings is 1. The zero-order valence-electron chi connectivity index (χ0n) is 19.8. The number of likely N-dealkylation sites (tertiary alicyclic amines) is 1. The summed E-state index contributed by atoms with van der Waals surface area (Å²) in [5.74, 6) is -0.356. The van der Waals surface area contributed by atoms with Crippen molar-refractivity contribution in [1.82, 2.24) is 14.7 Å². The number of aromatic nitrogens is 2. The van der Waals surface area contributed by atoms with Crippen molar-refractivity contribution in [2.45, 2.75) is 32.7 Å². The molecule has 1 saturated heterocycles. The van der Waals surface area contributed by atoms with Gasteiger partial charge in [0, 0.05) is 36.5 Å². The van der Waals surface area contributed by atoms with E-state index in [1.165, 1.54) is 12.7 Å². The van der Waals surface area contributed by atoms with Gasteiger partial charge in [-0.15, -0.1) is 0 Å². The first-order valence-corrected chi connectivity index (χ1v) is 11.8. The summed E-state index contributed by atoms with van der Waals surface area (Å²) in [6.07, 6.45) is 7.71. The molecule has 176 valence electrons. The summed E-state index contributed by atoms with van der Waals surface area (Å²) < 4.78 is 6.76. The van der Waals surface area contributed by atoms with E-state index < -0.39 is 0 Å². The van der Waals surface area contributed by atoms with Gasteiger partial charge in [-0.1, -0.05) is 61.5 Å². The highest BCUT2D eigenvalue weighted by Crippen LogP contribution is 2.25. The van der Waals surface area contributed by atoms with E-state index in [0.29, 0.717) is 32.5 Å². The number of nitrogens with zero attached hydrogens (tertiary/aromatic N) is 3. The van der Waals surface area contributed by atoms with Gasteiger partial charge < -0.3 is 9.64 Å². The van der Waals surface area contributed by atoms with E-state index in [0.717, 1.165) is 28.8 Å². The first kappa shape index (κ1) is 23.5. The molecule has 1 aliphatic heterocycles. The number of benzene rings is 2. The third-order valence-electron chi connectivity index (χ3n) is 6.36. The number of carbonyl (C=O) groups excluding carboxylic acids is 2. The number of methoxy groups -OCH3 is 1. The van der Waals surface area contributed by atoms with Crippen molar-refractivity contribution in [3.63, 3.8) is 0 Å². The zero-order chi connectivity index (χ0) is 23.9. The van der Waals surface area contributed by atoms with Gasteiger partial charge in [0.1, 0.15) is 0 Å². The highest BCUT2D eigenvalue weighted by molar-refractivity contribution is 5.93. The minimum Gasteiger partial charge on any atom is -0.469 e. The number of rotatable bonds is 7. The van der Waals surface area contributed by atoms with Crippen LogP contribution >= 0.6 is 0 Å². The summed E-state index contributed by atoms with van der Waals surface area (Å²) in [5, 5.41) is 4.85. The van der Waals surface area contributed by atoms with Gasteiger partial charge in [-0.2, -0.15) is 5.10 Å². The SMILES string of the molecule is CCc1ccc(-c2nn(Cc3ccccc3)cc2C=CC(=O)N2CCC(C(=O)OC)CC2)cc1. The van der Waals surface area contributed by atoms with E-state index in [-0.39, 0.29) is 17.8 Å². The number of amides is 1. The van der Waals surface area contributed by atoms with Crippen molar-refractivity contribution in [3.05, 3.63) is 83.6 Å². The van der Waals surface area contributed by atoms with Gasteiger partial charge in [0.2, 0.25) is 5.91 Å². The largest absolute Gasteiger partial charge is 0.469 e. The molecule has 0 bridgehead atoms. The fraction of sp³-hybridized carbons (Fsp3) is 0.321. The van der Waals surface area contributed by atoms with Crippen molar-refractivity contribution < 1.29 is 14.3 Å². The van der Waals surface area contributed by atoms with E-state index >= 15 is 0 Å². The maximum absolute atomic E-state index is 12.8. The fourth-order valence-electron chi connectivity index (χ4n) is 4.30. The Bertz CT molecular complexity index is 1140. The third kappa shape index (κ3) is 5.63. The lowest BCUT2D eigenvalue weighted by molar-refractivity contribution is -0.148. The second kappa shape index (κ2) is 11.0.